The highest BCUT2D eigenvalue weighted by molar-refractivity contribution is 7.89. The molecule has 0 aromatic heterocycles. The number of likely N-dealkylation sites (N-methyl/N-ethyl adjacent to an activating group) is 1. The number of rotatable bonds is 9. The van der Waals surface area contributed by atoms with Gasteiger partial charge in [-0.2, -0.15) is 4.31 Å². The van der Waals surface area contributed by atoms with Crippen LogP contribution in [0, 0.1) is 0 Å². The van der Waals surface area contributed by atoms with Crippen molar-refractivity contribution in [3.05, 3.63) is 24.3 Å². The predicted molar refractivity (Wildman–Crippen MR) is 106 cm³/mol. The van der Waals surface area contributed by atoms with Crippen molar-refractivity contribution >= 4 is 21.6 Å². The minimum atomic E-state index is -3.51. The van der Waals surface area contributed by atoms with Crippen LogP contribution in [0.25, 0.3) is 0 Å². The Morgan fingerprint density at radius 3 is 2.67 bits per heavy atom. The van der Waals surface area contributed by atoms with Crippen molar-refractivity contribution in [3.63, 3.8) is 0 Å². The fourth-order valence-electron chi connectivity index (χ4n) is 3.09. The minimum Gasteiger partial charge on any atom is -0.385 e. The molecule has 0 radical (unpaired) electrons. The number of nitrogens with one attached hydrogen (secondary N) is 1. The molecular weight excluding hydrogens is 366 g/mol. The van der Waals surface area contributed by atoms with Gasteiger partial charge in [-0.1, -0.05) is 12.5 Å². The van der Waals surface area contributed by atoms with Gasteiger partial charge in [-0.3, -0.25) is 9.69 Å². The third kappa shape index (κ3) is 6.00. The summed E-state index contributed by atoms with van der Waals surface area (Å²) in [6.07, 6.45) is 3.69. The lowest BCUT2D eigenvalue weighted by molar-refractivity contribution is -0.120. The minimum absolute atomic E-state index is 0.164. The number of ether oxygens (including phenoxy) is 1. The summed E-state index contributed by atoms with van der Waals surface area (Å²) in [5.41, 5.74) is 0.496. The highest BCUT2D eigenvalue weighted by atomic mass is 32.2. The van der Waals surface area contributed by atoms with Gasteiger partial charge in [-0.05, 0) is 51.4 Å². The van der Waals surface area contributed by atoms with Gasteiger partial charge in [-0.25, -0.2) is 8.42 Å². The van der Waals surface area contributed by atoms with E-state index in [1.165, 1.54) is 4.31 Å². The molecule has 7 nitrogen and oxygen atoms in total. The molecule has 0 bridgehead atoms. The molecule has 1 aromatic carbocycles. The Bertz CT molecular complexity index is 717. The van der Waals surface area contributed by atoms with E-state index in [1.807, 2.05) is 18.9 Å². The van der Waals surface area contributed by atoms with E-state index in [0.29, 0.717) is 25.4 Å². The Balaban J connectivity index is 2.03. The molecule has 1 N–H and O–H groups in total. The van der Waals surface area contributed by atoms with Gasteiger partial charge in [0.2, 0.25) is 15.9 Å². The summed E-state index contributed by atoms with van der Waals surface area (Å²) in [5.74, 6) is -0.164. The van der Waals surface area contributed by atoms with Gasteiger partial charge in [0, 0.05) is 39.0 Å². The average Bonchev–Trinajstić information content (AvgIpc) is 2.68. The molecule has 0 aliphatic carbocycles. The number of carbonyl (C=O) groups is 1. The van der Waals surface area contributed by atoms with E-state index >= 15 is 0 Å². The molecule has 1 fully saturated rings. The highest BCUT2D eigenvalue weighted by Gasteiger charge is 2.26. The van der Waals surface area contributed by atoms with E-state index in [9.17, 15) is 13.2 Å². The first-order valence-electron chi connectivity index (χ1n) is 9.46. The number of hydrogen-bond acceptors (Lipinski definition) is 5. The number of hydrogen-bond donors (Lipinski definition) is 1. The van der Waals surface area contributed by atoms with Crippen molar-refractivity contribution in [2.24, 2.45) is 0 Å². The van der Waals surface area contributed by atoms with Gasteiger partial charge >= 0.3 is 0 Å². The summed E-state index contributed by atoms with van der Waals surface area (Å²) >= 11 is 0. The summed E-state index contributed by atoms with van der Waals surface area (Å²) in [6, 6.07) is 6.17. The van der Waals surface area contributed by atoms with E-state index in [2.05, 4.69) is 5.32 Å². The fourth-order valence-corrected chi connectivity index (χ4v) is 4.65. The first kappa shape index (κ1) is 21.8. The Morgan fingerprint density at radius 1 is 1.30 bits per heavy atom. The summed E-state index contributed by atoms with van der Waals surface area (Å²) in [5, 5.41) is 2.83. The summed E-state index contributed by atoms with van der Waals surface area (Å²) < 4.78 is 32.2. The lowest BCUT2D eigenvalue weighted by Gasteiger charge is -2.26. The largest absolute Gasteiger partial charge is 0.385 e. The van der Waals surface area contributed by atoms with Crippen LogP contribution in [0.5, 0.6) is 0 Å². The lowest BCUT2D eigenvalue weighted by Crippen LogP contribution is -2.40. The Morgan fingerprint density at radius 2 is 2.00 bits per heavy atom. The van der Waals surface area contributed by atoms with Crippen LogP contribution in [0.15, 0.2) is 29.2 Å². The van der Waals surface area contributed by atoms with Crippen LogP contribution in [0.4, 0.5) is 5.69 Å². The maximum absolute atomic E-state index is 12.8. The summed E-state index contributed by atoms with van der Waals surface area (Å²) in [7, 11) is 0.0258. The maximum Gasteiger partial charge on any atom is 0.243 e. The molecule has 1 aromatic rings. The van der Waals surface area contributed by atoms with Crippen LogP contribution in [0.1, 0.15) is 32.6 Å². The Labute approximate surface area is 162 Å². The normalized spacial score (nSPS) is 17.0. The zero-order valence-electron chi connectivity index (χ0n) is 16.5. The molecule has 0 spiro atoms. The molecule has 0 saturated carbocycles. The topological polar surface area (TPSA) is 79.0 Å². The van der Waals surface area contributed by atoms with E-state index in [4.69, 9.17) is 4.74 Å². The number of sulfonamides is 1. The first-order valence-corrected chi connectivity index (χ1v) is 10.9. The number of amides is 1. The van der Waals surface area contributed by atoms with Crippen LogP contribution in [-0.2, 0) is 19.6 Å². The van der Waals surface area contributed by atoms with Crippen molar-refractivity contribution < 1.29 is 17.9 Å². The highest BCUT2D eigenvalue weighted by Crippen LogP contribution is 2.23. The molecule has 1 atom stereocenters. The number of piperidine rings is 1. The van der Waals surface area contributed by atoms with Crippen LogP contribution in [0.3, 0.4) is 0 Å². The molecule has 1 aliphatic rings. The third-order valence-electron chi connectivity index (χ3n) is 4.95. The third-order valence-corrected chi connectivity index (χ3v) is 6.85. The van der Waals surface area contributed by atoms with Gasteiger partial charge in [0.1, 0.15) is 0 Å². The predicted octanol–water partition coefficient (Wildman–Crippen LogP) is 2.16. The molecule has 1 unspecified atom stereocenters. The quantitative estimate of drug-likeness (QED) is 0.646. The van der Waals surface area contributed by atoms with Crippen LogP contribution >= 0.6 is 0 Å². The molecule has 152 valence electrons. The van der Waals surface area contributed by atoms with E-state index in [1.54, 1.807) is 31.4 Å². The van der Waals surface area contributed by atoms with E-state index in [0.717, 1.165) is 32.2 Å². The number of carbonyl (C=O) groups excluding carboxylic acids is 1. The van der Waals surface area contributed by atoms with Crippen molar-refractivity contribution in [2.45, 2.75) is 43.5 Å². The van der Waals surface area contributed by atoms with Crippen molar-refractivity contribution in [1.82, 2.24) is 9.21 Å². The van der Waals surface area contributed by atoms with Gasteiger partial charge in [0.25, 0.3) is 0 Å². The molecule has 1 heterocycles. The van der Waals surface area contributed by atoms with Gasteiger partial charge in [0.15, 0.2) is 0 Å². The second-order valence-corrected chi connectivity index (χ2v) is 8.92. The fraction of sp³-hybridized carbons (Fsp3) is 0.632. The van der Waals surface area contributed by atoms with Gasteiger partial charge < -0.3 is 10.1 Å². The molecule has 1 saturated heterocycles. The molecule has 8 heteroatoms. The molecule has 1 amide bonds. The van der Waals surface area contributed by atoms with E-state index in [-0.39, 0.29) is 16.8 Å². The lowest BCUT2D eigenvalue weighted by atomic mass is 10.2. The van der Waals surface area contributed by atoms with E-state index < -0.39 is 10.0 Å². The molecule has 27 heavy (non-hydrogen) atoms. The van der Waals surface area contributed by atoms with Crippen LogP contribution in [0.2, 0.25) is 0 Å². The number of anilines is 1. The van der Waals surface area contributed by atoms with Crippen LogP contribution in [-0.4, -0.2) is 70.0 Å². The maximum atomic E-state index is 12.8. The molecule has 2 rings (SSSR count). The monoisotopic (exact) mass is 397 g/mol. The SMILES string of the molecule is COCCCN(C)C(C)C(=O)Nc1cccc(S(=O)(=O)N2CCCCC2)c1. The summed E-state index contributed by atoms with van der Waals surface area (Å²) in [4.78, 5) is 14.7. The van der Waals surface area contributed by atoms with Crippen molar-refractivity contribution in [1.29, 1.82) is 0 Å². The second-order valence-electron chi connectivity index (χ2n) is 6.98. The zero-order valence-corrected chi connectivity index (χ0v) is 17.3. The number of nitrogens with zero attached hydrogens (tertiary/aromatic N) is 2. The Kier molecular flexibility index (Phi) is 8.22. The second kappa shape index (κ2) is 10.2. The van der Waals surface area contributed by atoms with Crippen molar-refractivity contribution in [3.8, 4) is 0 Å². The zero-order chi connectivity index (χ0) is 19.9. The first-order chi connectivity index (χ1) is 12.9. The van der Waals surface area contributed by atoms with Gasteiger partial charge in [0.05, 0.1) is 10.9 Å². The van der Waals surface area contributed by atoms with Crippen LogP contribution < -0.4 is 5.32 Å². The molecule has 1 aliphatic heterocycles. The summed E-state index contributed by atoms with van der Waals surface area (Å²) in [6.45, 7) is 4.34. The average molecular weight is 398 g/mol. The number of benzene rings is 1. The Hall–Kier alpha value is -1.48. The van der Waals surface area contributed by atoms with Gasteiger partial charge in [-0.15, -0.1) is 0 Å². The van der Waals surface area contributed by atoms with Crippen molar-refractivity contribution in [2.75, 3.05) is 45.7 Å². The number of methoxy groups -OCH3 is 1. The standard InChI is InChI=1S/C19H31N3O4S/c1-16(21(2)11-8-14-26-3)19(23)20-17-9-7-10-18(15-17)27(24,25)22-12-5-4-6-13-22/h7,9-10,15-16H,4-6,8,11-14H2,1-3H3,(H,20,23). The smallest absolute Gasteiger partial charge is 0.243 e. The molecular formula is C19H31N3O4S.